The lowest BCUT2D eigenvalue weighted by Crippen LogP contribution is -2.01. The van der Waals surface area contributed by atoms with Gasteiger partial charge in [-0.2, -0.15) is 0 Å². The van der Waals surface area contributed by atoms with Gasteiger partial charge in [0.2, 0.25) is 0 Å². The lowest BCUT2D eigenvalue weighted by atomic mass is 10.1. The number of nitrogen functional groups attached to an aromatic ring is 1. The van der Waals surface area contributed by atoms with Crippen molar-refractivity contribution in [1.82, 2.24) is 9.13 Å². The van der Waals surface area contributed by atoms with Gasteiger partial charge in [-0.1, -0.05) is 157 Å². The lowest BCUT2D eigenvalue weighted by molar-refractivity contribution is 1.01. The molecule has 0 aliphatic rings. The fourth-order valence-electron chi connectivity index (χ4n) is 6.29. The highest BCUT2D eigenvalue weighted by molar-refractivity contribution is 6.16. The third-order valence-electron chi connectivity index (χ3n) is 9.06. The molecule has 6 heteroatoms. The van der Waals surface area contributed by atoms with Crippen LogP contribution in [0, 0.1) is 19.3 Å². The number of para-hydroxylation sites is 3. The van der Waals surface area contributed by atoms with Crippen LogP contribution in [0.4, 0.5) is 17.2 Å². The SMILES string of the molecule is C=N.Cc1ccccc1.Cc1ccccc1.Cn1c2ccccc2c2cc3c(cc21)c(Nc1ccccc1)c(N)n3-c1ccccc1.NCc1ccccc1. The van der Waals surface area contributed by atoms with E-state index in [4.69, 9.17) is 16.9 Å². The molecule has 7 aromatic carbocycles. The molecule has 0 aliphatic heterocycles. The smallest absolute Gasteiger partial charge is 0.133 e. The van der Waals surface area contributed by atoms with E-state index >= 15 is 0 Å². The Balaban J connectivity index is 0.000000195. The summed E-state index contributed by atoms with van der Waals surface area (Å²) in [5, 5.41) is 12.6. The first-order chi connectivity index (χ1) is 26.9. The van der Waals surface area contributed by atoms with Crippen molar-refractivity contribution < 1.29 is 0 Å². The average molecular weight is 723 g/mol. The number of hydrogen-bond donors (Lipinski definition) is 4. The monoisotopic (exact) mass is 722 g/mol. The van der Waals surface area contributed by atoms with Gasteiger partial charge in [-0.3, -0.25) is 4.57 Å². The highest BCUT2D eigenvalue weighted by Crippen LogP contribution is 2.41. The van der Waals surface area contributed by atoms with Gasteiger partial charge in [0.05, 0.1) is 11.2 Å². The Morgan fingerprint density at radius 2 is 0.982 bits per heavy atom. The van der Waals surface area contributed by atoms with Crippen LogP contribution in [0.1, 0.15) is 16.7 Å². The number of hydrogen-bond acceptors (Lipinski definition) is 4. The Labute approximate surface area is 324 Å². The van der Waals surface area contributed by atoms with E-state index in [0.717, 1.165) is 28.0 Å². The maximum absolute atomic E-state index is 6.77. The highest BCUT2D eigenvalue weighted by Gasteiger charge is 2.19. The molecule has 55 heavy (non-hydrogen) atoms. The maximum Gasteiger partial charge on any atom is 0.133 e. The van der Waals surface area contributed by atoms with E-state index in [1.807, 2.05) is 103 Å². The molecule has 276 valence electrons. The van der Waals surface area contributed by atoms with Crippen LogP contribution in [0.5, 0.6) is 0 Å². The molecule has 6 N–H and O–H groups in total. The zero-order valence-electron chi connectivity index (χ0n) is 31.9. The molecule has 2 heterocycles. The fraction of sp³-hybridized carbons (Fsp3) is 0.0816. The maximum atomic E-state index is 6.77. The highest BCUT2D eigenvalue weighted by atomic mass is 15.1. The van der Waals surface area contributed by atoms with Crippen molar-refractivity contribution in [2.45, 2.75) is 20.4 Å². The third kappa shape index (κ3) is 9.96. The minimum Gasteiger partial charge on any atom is -0.383 e. The van der Waals surface area contributed by atoms with Crippen molar-refractivity contribution >= 4 is 56.6 Å². The molecule has 0 spiro atoms. The molecule has 0 aliphatic carbocycles. The number of anilines is 3. The Hall–Kier alpha value is -6.89. The summed E-state index contributed by atoms with van der Waals surface area (Å²) >= 11 is 0. The van der Waals surface area contributed by atoms with Crippen molar-refractivity contribution in [2.24, 2.45) is 12.8 Å². The van der Waals surface area contributed by atoms with Crippen LogP contribution >= 0.6 is 0 Å². The molecular formula is C49H50N6. The van der Waals surface area contributed by atoms with Crippen LogP contribution in [-0.4, -0.2) is 15.9 Å². The summed E-state index contributed by atoms with van der Waals surface area (Å²) in [7, 11) is 2.12. The molecule has 0 saturated heterocycles. The quantitative estimate of drug-likeness (QED) is 0.136. The second-order valence-corrected chi connectivity index (χ2v) is 12.9. The summed E-state index contributed by atoms with van der Waals surface area (Å²) in [4.78, 5) is 0. The van der Waals surface area contributed by atoms with Crippen LogP contribution in [0.3, 0.4) is 0 Å². The summed E-state index contributed by atoms with van der Waals surface area (Å²) < 4.78 is 4.40. The van der Waals surface area contributed by atoms with Crippen LogP contribution in [0.15, 0.2) is 188 Å². The number of nitrogens with one attached hydrogen (secondary N) is 2. The standard InChI is InChI=1S/C27H22N4.C7H9N.2C7H8.CH3N/c1-30-23-15-9-8-14-20(23)21-16-25-22(17-24(21)30)26(29-18-10-4-2-5-11-18)27(28)31(25)19-12-6-3-7-13-19;8-6-7-4-2-1-3-5-7;2*1-7-5-3-2-4-6-7;1-2/h2-17,29H,28H2,1H3;1-5H,6,8H2;2*2-6H,1H3;2H,1H2. The van der Waals surface area contributed by atoms with Crippen LogP contribution in [-0.2, 0) is 13.6 Å². The Bertz CT molecular complexity index is 2450. The van der Waals surface area contributed by atoms with Gasteiger partial charge in [-0.25, -0.2) is 0 Å². The van der Waals surface area contributed by atoms with Gasteiger partial charge in [0, 0.05) is 52.2 Å². The number of fused-ring (bicyclic) bond motifs is 4. The normalized spacial score (nSPS) is 10.1. The first-order valence-corrected chi connectivity index (χ1v) is 18.3. The molecule has 0 saturated carbocycles. The molecule has 0 unspecified atom stereocenters. The topological polar surface area (TPSA) is 97.8 Å². The second-order valence-electron chi connectivity index (χ2n) is 12.9. The minimum absolute atomic E-state index is 0.640. The Kier molecular flexibility index (Phi) is 14.2. The summed E-state index contributed by atoms with van der Waals surface area (Å²) in [6.07, 6.45) is 0. The number of rotatable bonds is 4. The molecule has 0 bridgehead atoms. The average Bonchev–Trinajstić information content (AvgIpc) is 3.68. The van der Waals surface area contributed by atoms with Crippen molar-refractivity contribution in [3.63, 3.8) is 0 Å². The lowest BCUT2D eigenvalue weighted by Gasteiger charge is -2.09. The molecule has 0 radical (unpaired) electrons. The summed E-state index contributed by atoms with van der Waals surface area (Å²) in [5.41, 5.74) is 22.4. The van der Waals surface area contributed by atoms with Gasteiger partial charge >= 0.3 is 0 Å². The molecule has 0 atom stereocenters. The van der Waals surface area contributed by atoms with Crippen molar-refractivity contribution in [3.05, 3.63) is 205 Å². The van der Waals surface area contributed by atoms with E-state index in [1.54, 1.807) is 0 Å². The fourth-order valence-corrected chi connectivity index (χ4v) is 6.29. The van der Waals surface area contributed by atoms with Gasteiger partial charge in [-0.05, 0) is 68.6 Å². The number of aromatic nitrogens is 2. The van der Waals surface area contributed by atoms with E-state index < -0.39 is 0 Å². The zero-order valence-corrected chi connectivity index (χ0v) is 31.9. The van der Waals surface area contributed by atoms with Crippen LogP contribution in [0.2, 0.25) is 0 Å². The molecular weight excluding hydrogens is 673 g/mol. The summed E-state index contributed by atoms with van der Waals surface area (Å²) in [6.45, 7) is 7.31. The van der Waals surface area contributed by atoms with Crippen LogP contribution in [0.25, 0.3) is 38.4 Å². The largest absolute Gasteiger partial charge is 0.383 e. The summed E-state index contributed by atoms with van der Waals surface area (Å²) in [5.74, 6) is 0.699. The second kappa shape index (κ2) is 19.8. The zero-order chi connectivity index (χ0) is 39.0. The van der Waals surface area contributed by atoms with E-state index in [9.17, 15) is 0 Å². The molecule has 6 nitrogen and oxygen atoms in total. The van der Waals surface area contributed by atoms with E-state index in [-0.39, 0.29) is 0 Å². The molecule has 9 aromatic rings. The van der Waals surface area contributed by atoms with E-state index in [1.165, 1.54) is 38.5 Å². The predicted molar refractivity (Wildman–Crippen MR) is 238 cm³/mol. The minimum atomic E-state index is 0.640. The van der Waals surface area contributed by atoms with Crippen molar-refractivity contribution in [2.75, 3.05) is 11.1 Å². The Morgan fingerprint density at radius 3 is 1.47 bits per heavy atom. The third-order valence-corrected chi connectivity index (χ3v) is 9.06. The molecule has 2 aromatic heterocycles. The molecule has 9 rings (SSSR count). The van der Waals surface area contributed by atoms with Gasteiger partial charge in [0.15, 0.2) is 0 Å². The first kappa shape index (κ1) is 39.3. The summed E-state index contributed by atoms with van der Waals surface area (Å²) in [6, 6.07) is 64.1. The Morgan fingerprint density at radius 1 is 0.527 bits per heavy atom. The van der Waals surface area contributed by atoms with Crippen LogP contribution < -0.4 is 16.8 Å². The van der Waals surface area contributed by atoms with E-state index in [0.29, 0.717) is 12.4 Å². The number of nitrogens with zero attached hydrogens (tertiary/aromatic N) is 2. The molecule has 0 amide bonds. The van der Waals surface area contributed by atoms with Gasteiger partial charge in [0.25, 0.3) is 0 Å². The van der Waals surface area contributed by atoms with Crippen molar-refractivity contribution in [3.8, 4) is 5.69 Å². The number of benzene rings is 7. The van der Waals surface area contributed by atoms with E-state index in [2.05, 4.69) is 127 Å². The number of aryl methyl sites for hydroxylation is 3. The first-order valence-electron chi connectivity index (χ1n) is 18.3. The van der Waals surface area contributed by atoms with Gasteiger partial charge in [-0.15, -0.1) is 0 Å². The number of nitrogens with two attached hydrogens (primary N) is 2. The predicted octanol–water partition coefficient (Wildman–Crippen LogP) is 12.0. The van der Waals surface area contributed by atoms with Gasteiger partial charge in [0.1, 0.15) is 5.82 Å². The molecule has 0 fully saturated rings. The van der Waals surface area contributed by atoms with Crippen molar-refractivity contribution in [1.29, 1.82) is 5.41 Å². The van der Waals surface area contributed by atoms with Gasteiger partial charge < -0.3 is 26.8 Å².